The summed E-state index contributed by atoms with van der Waals surface area (Å²) in [7, 11) is 1.57. The second-order valence-electron chi connectivity index (χ2n) is 8.67. The predicted octanol–water partition coefficient (Wildman–Crippen LogP) is 0.715. The number of aromatic nitrogens is 1. The summed E-state index contributed by atoms with van der Waals surface area (Å²) < 4.78 is 20.5. The van der Waals surface area contributed by atoms with E-state index in [0.29, 0.717) is 38.5 Å². The molecule has 2 unspecified atom stereocenters. The minimum absolute atomic E-state index is 0.0116. The molecule has 0 aliphatic carbocycles. The first kappa shape index (κ1) is 21.6. The molecule has 2 amide bonds. The maximum absolute atomic E-state index is 13.4. The van der Waals surface area contributed by atoms with E-state index in [1.807, 2.05) is 0 Å². The van der Waals surface area contributed by atoms with E-state index in [4.69, 9.17) is 4.74 Å². The summed E-state index contributed by atoms with van der Waals surface area (Å²) in [6.45, 7) is 2.52. The first-order chi connectivity index (χ1) is 15.9. The number of nitrogens with one attached hydrogen (secondary N) is 1. The van der Waals surface area contributed by atoms with E-state index in [1.54, 1.807) is 28.6 Å². The van der Waals surface area contributed by atoms with Gasteiger partial charge in [-0.25, -0.2) is 4.39 Å². The Kier molecular flexibility index (Phi) is 5.41. The van der Waals surface area contributed by atoms with Gasteiger partial charge in [-0.05, 0) is 17.7 Å². The molecule has 0 radical (unpaired) electrons. The Labute approximate surface area is 189 Å². The minimum Gasteiger partial charge on any atom is -0.505 e. The van der Waals surface area contributed by atoms with Crippen molar-refractivity contribution < 1.29 is 28.6 Å². The first-order valence-corrected chi connectivity index (χ1v) is 11.0. The molecule has 4 heterocycles. The molecule has 0 saturated carbocycles. The molecule has 2 N–H and O–H groups in total. The largest absolute Gasteiger partial charge is 0.505 e. The lowest BCUT2D eigenvalue weighted by atomic mass is 9.89. The summed E-state index contributed by atoms with van der Waals surface area (Å²) in [6.07, 6.45) is -0.652. The van der Waals surface area contributed by atoms with Gasteiger partial charge in [-0.1, -0.05) is 12.1 Å². The summed E-state index contributed by atoms with van der Waals surface area (Å²) in [5.41, 5.74) is 1.16. The lowest BCUT2D eigenvalue weighted by molar-refractivity contribution is -0.134. The van der Waals surface area contributed by atoms with Crippen LogP contribution in [-0.4, -0.2) is 83.0 Å². The number of carbonyl (C=O) groups is 3. The molecule has 10 heteroatoms. The molecule has 0 spiro atoms. The van der Waals surface area contributed by atoms with E-state index in [0.717, 1.165) is 5.56 Å². The molecular formula is C23H25FN4O5. The Morgan fingerprint density at radius 3 is 2.67 bits per heavy atom. The van der Waals surface area contributed by atoms with Gasteiger partial charge in [-0.3, -0.25) is 14.4 Å². The van der Waals surface area contributed by atoms with Gasteiger partial charge in [-0.2, -0.15) is 0 Å². The standard InChI is InChI=1S/C23H25FN4O5/c1-26-12-15(20(29)16-10-25-6-9-33-16)18-17(22(26)31)21(30)19-23(32)27(7-8-28(18)19)11-13-2-4-14(24)5-3-13/h2-5,15-16,25,30H,6-12H2,1H3. The second kappa shape index (κ2) is 8.27. The van der Waals surface area contributed by atoms with E-state index in [9.17, 15) is 23.9 Å². The number of nitrogens with zero attached hydrogens (tertiary/aromatic N) is 3. The molecule has 0 bridgehead atoms. The van der Waals surface area contributed by atoms with E-state index < -0.39 is 29.6 Å². The fraction of sp³-hybridized carbons (Fsp3) is 0.435. The number of hydrogen-bond donors (Lipinski definition) is 2. The van der Waals surface area contributed by atoms with Crippen molar-refractivity contribution in [3.8, 4) is 5.75 Å². The van der Waals surface area contributed by atoms with Gasteiger partial charge in [0, 0.05) is 52.0 Å². The number of rotatable bonds is 4. The predicted molar refractivity (Wildman–Crippen MR) is 115 cm³/mol. The van der Waals surface area contributed by atoms with E-state index in [-0.39, 0.29) is 35.9 Å². The second-order valence-corrected chi connectivity index (χ2v) is 8.67. The van der Waals surface area contributed by atoms with Gasteiger partial charge in [0.2, 0.25) is 0 Å². The van der Waals surface area contributed by atoms with E-state index in [1.165, 1.54) is 17.0 Å². The monoisotopic (exact) mass is 456 g/mol. The zero-order valence-electron chi connectivity index (χ0n) is 18.2. The number of benzene rings is 1. The van der Waals surface area contributed by atoms with E-state index >= 15 is 0 Å². The molecule has 2 atom stereocenters. The molecule has 3 aliphatic rings. The highest BCUT2D eigenvalue weighted by Gasteiger charge is 2.45. The summed E-state index contributed by atoms with van der Waals surface area (Å²) in [5, 5.41) is 14.1. The molecule has 5 rings (SSSR count). The Balaban J connectivity index is 1.51. The summed E-state index contributed by atoms with van der Waals surface area (Å²) in [5.74, 6) is -2.49. The number of halogens is 1. The number of ketones is 1. The molecule has 174 valence electrons. The average molecular weight is 456 g/mol. The van der Waals surface area contributed by atoms with Crippen molar-refractivity contribution in [3.05, 3.63) is 52.6 Å². The van der Waals surface area contributed by atoms with Crippen LogP contribution in [0.2, 0.25) is 0 Å². The van der Waals surface area contributed by atoms with Crippen molar-refractivity contribution in [1.82, 2.24) is 19.7 Å². The third kappa shape index (κ3) is 3.59. The van der Waals surface area contributed by atoms with Crippen LogP contribution in [0.5, 0.6) is 5.75 Å². The maximum Gasteiger partial charge on any atom is 0.274 e. The lowest BCUT2D eigenvalue weighted by Gasteiger charge is -2.35. The van der Waals surface area contributed by atoms with Crippen LogP contribution < -0.4 is 5.32 Å². The molecule has 1 aromatic heterocycles. The average Bonchev–Trinajstić information content (AvgIpc) is 3.13. The number of hydrogen-bond acceptors (Lipinski definition) is 6. The molecule has 1 saturated heterocycles. The summed E-state index contributed by atoms with van der Waals surface area (Å²) >= 11 is 0. The van der Waals surface area contributed by atoms with Crippen LogP contribution in [0.25, 0.3) is 0 Å². The van der Waals surface area contributed by atoms with Crippen LogP contribution in [0.3, 0.4) is 0 Å². The highest BCUT2D eigenvalue weighted by molar-refractivity contribution is 6.08. The fourth-order valence-corrected chi connectivity index (χ4v) is 4.91. The number of carbonyl (C=O) groups excluding carboxylic acids is 3. The quantitative estimate of drug-likeness (QED) is 0.703. The lowest BCUT2D eigenvalue weighted by Crippen LogP contribution is -2.49. The van der Waals surface area contributed by atoms with Gasteiger partial charge < -0.3 is 29.5 Å². The zero-order chi connectivity index (χ0) is 23.3. The van der Waals surface area contributed by atoms with Crippen molar-refractivity contribution >= 4 is 17.6 Å². The molecule has 9 nitrogen and oxygen atoms in total. The van der Waals surface area contributed by atoms with Crippen molar-refractivity contribution in [2.45, 2.75) is 25.1 Å². The SMILES string of the molecule is CN1CC(C(=O)C2CNCCO2)c2c(c(O)c3n2CCN(Cc2ccc(F)cc2)C3=O)C1=O. The topological polar surface area (TPSA) is 104 Å². The minimum atomic E-state index is -0.705. The Morgan fingerprint density at radius 2 is 1.97 bits per heavy atom. The third-order valence-electron chi connectivity index (χ3n) is 6.58. The van der Waals surface area contributed by atoms with Gasteiger partial charge in [0.15, 0.2) is 17.2 Å². The molecular weight excluding hydrogens is 431 g/mol. The van der Waals surface area contributed by atoms with Crippen LogP contribution in [0, 0.1) is 5.82 Å². The van der Waals surface area contributed by atoms with Crippen LogP contribution in [-0.2, 0) is 22.6 Å². The van der Waals surface area contributed by atoms with Crippen LogP contribution in [0.1, 0.15) is 38.0 Å². The van der Waals surface area contributed by atoms with Crippen molar-refractivity contribution in [2.24, 2.45) is 0 Å². The van der Waals surface area contributed by atoms with Gasteiger partial charge >= 0.3 is 0 Å². The summed E-state index contributed by atoms with van der Waals surface area (Å²) in [4.78, 5) is 42.6. The van der Waals surface area contributed by atoms with Crippen LogP contribution >= 0.6 is 0 Å². The number of morpholine rings is 1. The first-order valence-electron chi connectivity index (χ1n) is 11.0. The highest BCUT2D eigenvalue weighted by atomic mass is 19.1. The van der Waals surface area contributed by atoms with Gasteiger partial charge in [-0.15, -0.1) is 0 Å². The Hall–Kier alpha value is -3.24. The fourth-order valence-electron chi connectivity index (χ4n) is 4.91. The molecule has 3 aliphatic heterocycles. The Bertz CT molecular complexity index is 1120. The number of aromatic hydroxyl groups is 1. The van der Waals surface area contributed by atoms with Gasteiger partial charge in [0.05, 0.1) is 12.5 Å². The molecule has 1 fully saturated rings. The van der Waals surface area contributed by atoms with Gasteiger partial charge in [0.1, 0.15) is 17.5 Å². The number of likely N-dealkylation sites (N-methyl/N-ethyl adjacent to an activating group) is 1. The van der Waals surface area contributed by atoms with Crippen molar-refractivity contribution in [3.63, 3.8) is 0 Å². The number of amides is 2. The number of fused-ring (bicyclic) bond motifs is 3. The molecule has 1 aromatic carbocycles. The molecule has 2 aromatic rings. The maximum atomic E-state index is 13.4. The van der Waals surface area contributed by atoms with Gasteiger partial charge in [0.25, 0.3) is 11.8 Å². The normalized spacial score (nSPS) is 22.8. The van der Waals surface area contributed by atoms with Crippen LogP contribution in [0.15, 0.2) is 24.3 Å². The van der Waals surface area contributed by atoms with Crippen molar-refractivity contribution in [1.29, 1.82) is 0 Å². The highest BCUT2D eigenvalue weighted by Crippen LogP contribution is 2.41. The molecule has 33 heavy (non-hydrogen) atoms. The Morgan fingerprint density at radius 1 is 1.21 bits per heavy atom. The zero-order valence-corrected chi connectivity index (χ0v) is 18.2. The van der Waals surface area contributed by atoms with Crippen molar-refractivity contribution in [2.75, 3.05) is 39.8 Å². The van der Waals surface area contributed by atoms with E-state index in [2.05, 4.69) is 5.32 Å². The van der Waals surface area contributed by atoms with Crippen LogP contribution in [0.4, 0.5) is 4.39 Å². The smallest absolute Gasteiger partial charge is 0.274 e. The summed E-state index contributed by atoms with van der Waals surface area (Å²) in [6, 6.07) is 5.87. The number of ether oxygens (including phenoxy) is 1. The number of Topliss-reactive ketones (excluding diaryl/α,β-unsaturated/α-hetero) is 1. The third-order valence-corrected chi connectivity index (χ3v) is 6.58.